The van der Waals surface area contributed by atoms with Crippen LogP contribution in [0.5, 0.6) is 5.75 Å². The molecule has 0 aromatic heterocycles. The number of hydrogen-bond acceptors (Lipinski definition) is 4. The topological polar surface area (TPSA) is 90.6 Å². The zero-order chi connectivity index (χ0) is 31.7. The summed E-state index contributed by atoms with van der Waals surface area (Å²) in [5.74, 6) is -3.66. The number of rotatable bonds is 8. The molecule has 6 nitrogen and oxygen atoms in total. The van der Waals surface area contributed by atoms with Crippen molar-refractivity contribution in [1.82, 2.24) is 4.90 Å². The Morgan fingerprint density at radius 1 is 1.14 bits per heavy atom. The van der Waals surface area contributed by atoms with Crippen LogP contribution in [0.3, 0.4) is 0 Å². The smallest absolute Gasteiger partial charge is 0.339 e. The first-order valence-corrected chi connectivity index (χ1v) is 14.6. The number of carbonyl (C=O) groups excluding carboxylic acids is 1. The predicted octanol–water partition coefficient (Wildman–Crippen LogP) is 8.01. The lowest BCUT2D eigenvalue weighted by atomic mass is 9.63. The molecule has 1 aliphatic heterocycles. The largest absolute Gasteiger partial charge is 0.493 e. The maximum atomic E-state index is 15.8. The molecule has 0 bridgehead atoms. The van der Waals surface area contributed by atoms with Gasteiger partial charge in [-0.3, -0.25) is 4.79 Å². The van der Waals surface area contributed by atoms with Gasteiger partial charge in [-0.15, -0.1) is 0 Å². The molecule has 0 aliphatic carbocycles. The molecule has 3 aromatic carbocycles. The highest BCUT2D eigenvalue weighted by Crippen LogP contribution is 2.56. The minimum atomic E-state index is -1.70. The molecule has 1 fully saturated rings. The van der Waals surface area contributed by atoms with Gasteiger partial charge in [-0.1, -0.05) is 68.2 Å². The van der Waals surface area contributed by atoms with Gasteiger partial charge >= 0.3 is 5.97 Å². The zero-order valence-electron chi connectivity index (χ0n) is 24.3. The van der Waals surface area contributed by atoms with Gasteiger partial charge in [-0.2, -0.15) is 5.26 Å². The number of carboxylic acids is 1. The van der Waals surface area contributed by atoms with Crippen molar-refractivity contribution >= 4 is 35.1 Å². The Morgan fingerprint density at radius 3 is 2.47 bits per heavy atom. The molecule has 1 aliphatic rings. The summed E-state index contributed by atoms with van der Waals surface area (Å²) in [6.45, 7) is 7.90. The number of hydrogen-bond donors (Lipinski definition) is 1. The number of nitrogens with zero attached hydrogens (tertiary/aromatic N) is 2. The lowest BCUT2D eigenvalue weighted by molar-refractivity contribution is -0.131. The van der Waals surface area contributed by atoms with Crippen LogP contribution in [0.25, 0.3) is 0 Å². The third kappa shape index (κ3) is 6.34. The van der Waals surface area contributed by atoms with Crippen LogP contribution >= 0.6 is 23.2 Å². The standard InChI is InChI=1S/C33H32Cl2F2N2O4/c1-5-43-27-13-19(9-11-22(27)31(41)42)14-28(40)39-17-20(16-32(2,3)4)33(18-38,24-12-10-21(34)15-26(24)36)30(39)23-7-6-8-25(35)29(23)37/h6-13,15,20,30H,5,14,16-17H2,1-4H3,(H,41,42)/t20-,30-,33-/m1/s1. The number of halogens is 4. The maximum Gasteiger partial charge on any atom is 0.339 e. The van der Waals surface area contributed by atoms with E-state index in [0.717, 1.165) is 6.07 Å². The zero-order valence-corrected chi connectivity index (χ0v) is 25.8. The number of likely N-dealkylation sites (tertiary alicyclic amines) is 1. The second-order valence-corrected chi connectivity index (χ2v) is 12.7. The van der Waals surface area contributed by atoms with E-state index in [1.807, 2.05) is 20.8 Å². The lowest BCUT2D eigenvalue weighted by Crippen LogP contribution is -2.41. The Morgan fingerprint density at radius 2 is 1.86 bits per heavy atom. The number of carbonyl (C=O) groups is 2. The summed E-state index contributed by atoms with van der Waals surface area (Å²) in [7, 11) is 0. The first kappa shape index (κ1) is 32.2. The Balaban J connectivity index is 1.92. The summed E-state index contributed by atoms with van der Waals surface area (Å²) >= 11 is 12.3. The van der Waals surface area contributed by atoms with E-state index in [4.69, 9.17) is 27.9 Å². The van der Waals surface area contributed by atoms with Gasteiger partial charge in [0.2, 0.25) is 5.91 Å². The summed E-state index contributed by atoms with van der Waals surface area (Å²) in [4.78, 5) is 27.2. The summed E-state index contributed by atoms with van der Waals surface area (Å²) in [6.07, 6.45) is 0.207. The monoisotopic (exact) mass is 628 g/mol. The van der Waals surface area contributed by atoms with E-state index in [2.05, 4.69) is 6.07 Å². The highest BCUT2D eigenvalue weighted by molar-refractivity contribution is 6.31. The molecule has 0 unspecified atom stereocenters. The molecule has 1 saturated heterocycles. The quantitative estimate of drug-likeness (QED) is 0.273. The van der Waals surface area contributed by atoms with Crippen LogP contribution in [-0.2, 0) is 16.6 Å². The van der Waals surface area contributed by atoms with Gasteiger partial charge in [-0.25, -0.2) is 13.6 Å². The second kappa shape index (κ2) is 12.5. The molecular formula is C33H32Cl2F2N2O4. The minimum Gasteiger partial charge on any atom is -0.493 e. The summed E-state index contributed by atoms with van der Waals surface area (Å²) in [5, 5.41) is 20.4. The third-order valence-corrected chi connectivity index (χ3v) is 8.28. The average molecular weight is 630 g/mol. The predicted molar refractivity (Wildman–Crippen MR) is 160 cm³/mol. The van der Waals surface area contributed by atoms with E-state index in [9.17, 15) is 20.0 Å². The van der Waals surface area contributed by atoms with Crippen molar-refractivity contribution in [1.29, 1.82) is 5.26 Å². The normalized spacial score (nSPS) is 20.1. The van der Waals surface area contributed by atoms with Crippen LogP contribution in [0.2, 0.25) is 10.0 Å². The molecule has 226 valence electrons. The third-order valence-electron chi connectivity index (χ3n) is 7.75. The van der Waals surface area contributed by atoms with Crippen LogP contribution in [-0.4, -0.2) is 35.0 Å². The Bertz CT molecular complexity index is 1600. The molecule has 3 atom stereocenters. The van der Waals surface area contributed by atoms with Crippen molar-refractivity contribution in [3.05, 3.63) is 98.5 Å². The van der Waals surface area contributed by atoms with Crippen molar-refractivity contribution in [2.24, 2.45) is 11.3 Å². The molecule has 1 amide bonds. The Kier molecular flexibility index (Phi) is 9.39. The molecular weight excluding hydrogens is 597 g/mol. The fourth-order valence-electron chi connectivity index (χ4n) is 6.12. The molecule has 1 heterocycles. The summed E-state index contributed by atoms with van der Waals surface area (Å²) < 4.78 is 37.1. The van der Waals surface area contributed by atoms with E-state index >= 15 is 8.78 Å². The van der Waals surface area contributed by atoms with Gasteiger partial charge in [-0.05, 0) is 54.7 Å². The number of benzene rings is 3. The van der Waals surface area contributed by atoms with Gasteiger partial charge < -0.3 is 14.7 Å². The van der Waals surface area contributed by atoms with Gasteiger partial charge in [0.25, 0.3) is 0 Å². The molecule has 10 heteroatoms. The molecule has 4 rings (SSSR count). The second-order valence-electron chi connectivity index (χ2n) is 11.9. The summed E-state index contributed by atoms with van der Waals surface area (Å²) in [6, 6.07) is 13.8. The number of amides is 1. The average Bonchev–Trinajstić information content (AvgIpc) is 3.23. The molecule has 0 radical (unpaired) electrons. The Labute approximate surface area is 259 Å². The van der Waals surface area contributed by atoms with E-state index in [-0.39, 0.29) is 57.5 Å². The first-order valence-electron chi connectivity index (χ1n) is 13.8. The van der Waals surface area contributed by atoms with Gasteiger partial charge in [0.15, 0.2) is 0 Å². The molecule has 0 saturated carbocycles. The van der Waals surface area contributed by atoms with Crippen LogP contribution in [0.4, 0.5) is 8.78 Å². The molecule has 43 heavy (non-hydrogen) atoms. The van der Waals surface area contributed by atoms with Crippen molar-refractivity contribution < 1.29 is 28.2 Å². The van der Waals surface area contributed by atoms with Crippen molar-refractivity contribution in [2.75, 3.05) is 13.2 Å². The first-order chi connectivity index (χ1) is 20.2. The molecule has 3 aromatic rings. The van der Waals surface area contributed by atoms with Crippen molar-refractivity contribution in [3.8, 4) is 11.8 Å². The SMILES string of the molecule is CCOc1cc(CC(=O)N2C[C@@H](CC(C)(C)C)[C@](C#N)(c3ccc(Cl)cc3F)[C@H]2c2cccc(Cl)c2F)ccc1C(=O)O. The van der Waals surface area contributed by atoms with E-state index in [1.54, 1.807) is 6.92 Å². The highest BCUT2D eigenvalue weighted by Gasteiger charge is 2.59. The van der Waals surface area contributed by atoms with Crippen molar-refractivity contribution in [2.45, 2.75) is 52.0 Å². The number of aromatic carboxylic acids is 1. The van der Waals surface area contributed by atoms with Crippen LogP contribution in [0.15, 0.2) is 54.6 Å². The van der Waals surface area contributed by atoms with E-state index in [1.165, 1.54) is 53.4 Å². The molecule has 0 spiro atoms. The fourth-order valence-corrected chi connectivity index (χ4v) is 6.46. The van der Waals surface area contributed by atoms with Gasteiger partial charge in [0, 0.05) is 28.6 Å². The molecule has 1 N–H and O–H groups in total. The van der Waals surface area contributed by atoms with Crippen LogP contribution in [0, 0.1) is 34.3 Å². The van der Waals surface area contributed by atoms with Gasteiger partial charge in [0.1, 0.15) is 28.4 Å². The van der Waals surface area contributed by atoms with Gasteiger partial charge in [0.05, 0.1) is 30.2 Å². The van der Waals surface area contributed by atoms with E-state index in [0.29, 0.717) is 12.0 Å². The fraction of sp³-hybridized carbons (Fsp3) is 0.364. The summed E-state index contributed by atoms with van der Waals surface area (Å²) in [5.41, 5.74) is -1.63. The number of nitriles is 1. The number of ether oxygens (including phenoxy) is 1. The highest BCUT2D eigenvalue weighted by atomic mass is 35.5. The van der Waals surface area contributed by atoms with Crippen LogP contribution < -0.4 is 4.74 Å². The maximum absolute atomic E-state index is 15.8. The number of carboxylic acid groups (broad SMARTS) is 1. The lowest BCUT2D eigenvalue weighted by Gasteiger charge is -2.38. The van der Waals surface area contributed by atoms with Crippen LogP contribution in [0.1, 0.15) is 67.2 Å². The minimum absolute atomic E-state index is 0.00982. The Hall–Kier alpha value is -3.67. The van der Waals surface area contributed by atoms with E-state index < -0.39 is 40.9 Å². The van der Waals surface area contributed by atoms with Crippen molar-refractivity contribution in [3.63, 3.8) is 0 Å².